The molecule has 0 bridgehead atoms. The predicted octanol–water partition coefficient (Wildman–Crippen LogP) is 1.79. The fourth-order valence-corrected chi connectivity index (χ4v) is 1.44. The molecule has 0 N–H and O–H groups in total. The van der Waals surface area contributed by atoms with Gasteiger partial charge >= 0.3 is 0 Å². The number of Topliss-reactive ketones (excluding diaryl/α,β-unsaturated/α-hetero) is 1. The van der Waals surface area contributed by atoms with Crippen molar-refractivity contribution in [2.24, 2.45) is 18.9 Å². The van der Waals surface area contributed by atoms with Gasteiger partial charge in [-0.05, 0) is 12.3 Å². The Balaban J connectivity index is 2.79. The van der Waals surface area contributed by atoms with E-state index in [0.29, 0.717) is 17.9 Å². The van der Waals surface area contributed by atoms with Crippen LogP contribution in [0.1, 0.15) is 30.6 Å². The van der Waals surface area contributed by atoms with Crippen LogP contribution >= 0.6 is 0 Å². The van der Waals surface area contributed by atoms with Crippen LogP contribution in [0.2, 0.25) is 0 Å². The quantitative estimate of drug-likeness (QED) is 0.704. The number of hydrogen-bond acceptors (Lipinski definition) is 3. The summed E-state index contributed by atoms with van der Waals surface area (Å²) < 4.78 is 1.57. The molecule has 0 amide bonds. The van der Waals surface area contributed by atoms with Gasteiger partial charge in [0, 0.05) is 13.2 Å². The molecule has 0 saturated carbocycles. The Bertz CT molecular complexity index is 387. The van der Waals surface area contributed by atoms with E-state index in [4.69, 9.17) is 5.26 Å². The monoisotopic (exact) mass is 205 g/mol. The maximum absolute atomic E-state index is 11.8. The van der Waals surface area contributed by atoms with Crippen molar-refractivity contribution in [3.05, 3.63) is 18.0 Å². The van der Waals surface area contributed by atoms with Gasteiger partial charge in [0.25, 0.3) is 0 Å². The summed E-state index contributed by atoms with van der Waals surface area (Å²) in [5.74, 6) is -0.330. The summed E-state index contributed by atoms with van der Waals surface area (Å²) in [6.07, 6.45) is 3.75. The predicted molar refractivity (Wildman–Crippen MR) is 56.1 cm³/mol. The van der Waals surface area contributed by atoms with Gasteiger partial charge in [-0.1, -0.05) is 13.8 Å². The van der Waals surface area contributed by atoms with E-state index in [1.165, 1.54) is 6.20 Å². The van der Waals surface area contributed by atoms with Crippen molar-refractivity contribution in [2.45, 2.75) is 20.3 Å². The van der Waals surface area contributed by atoms with Crippen LogP contribution < -0.4 is 0 Å². The summed E-state index contributed by atoms with van der Waals surface area (Å²) in [5.41, 5.74) is 0.518. The number of nitriles is 1. The first kappa shape index (κ1) is 11.4. The van der Waals surface area contributed by atoms with E-state index >= 15 is 0 Å². The first-order valence-corrected chi connectivity index (χ1v) is 4.97. The minimum atomic E-state index is -0.547. The molecule has 1 aromatic heterocycles. The maximum Gasteiger partial charge on any atom is 0.183 e. The maximum atomic E-state index is 11.8. The highest BCUT2D eigenvalue weighted by Gasteiger charge is 2.21. The summed E-state index contributed by atoms with van der Waals surface area (Å²) in [6.45, 7) is 4.00. The summed E-state index contributed by atoms with van der Waals surface area (Å²) in [6, 6.07) is 2.05. The SMILES string of the molecule is CC(C)CC(C#N)C(=O)c1cnn(C)c1. The number of aryl methyl sites for hydroxylation is 1. The van der Waals surface area contributed by atoms with Gasteiger partial charge in [-0.3, -0.25) is 9.48 Å². The summed E-state index contributed by atoms with van der Waals surface area (Å²) in [7, 11) is 1.75. The molecule has 15 heavy (non-hydrogen) atoms. The highest BCUT2D eigenvalue weighted by atomic mass is 16.1. The Hall–Kier alpha value is -1.63. The molecule has 4 nitrogen and oxygen atoms in total. The summed E-state index contributed by atoms with van der Waals surface area (Å²) in [4.78, 5) is 11.8. The van der Waals surface area contributed by atoms with Gasteiger partial charge in [0.1, 0.15) is 5.92 Å². The van der Waals surface area contributed by atoms with Gasteiger partial charge in [-0.15, -0.1) is 0 Å². The zero-order valence-corrected chi connectivity index (χ0v) is 9.27. The van der Waals surface area contributed by atoms with Crippen LogP contribution in [0, 0.1) is 23.2 Å². The van der Waals surface area contributed by atoms with Gasteiger partial charge in [0.05, 0.1) is 17.8 Å². The van der Waals surface area contributed by atoms with Crippen molar-refractivity contribution in [3.8, 4) is 6.07 Å². The van der Waals surface area contributed by atoms with Crippen LogP contribution in [0.3, 0.4) is 0 Å². The van der Waals surface area contributed by atoms with Crippen molar-refractivity contribution >= 4 is 5.78 Å². The third kappa shape index (κ3) is 2.91. The summed E-state index contributed by atoms with van der Waals surface area (Å²) in [5, 5.41) is 12.8. The Morgan fingerprint density at radius 1 is 1.67 bits per heavy atom. The van der Waals surface area contributed by atoms with Crippen molar-refractivity contribution in [1.29, 1.82) is 5.26 Å². The Kier molecular flexibility index (Phi) is 3.62. The second-order valence-corrected chi connectivity index (χ2v) is 4.08. The van der Waals surface area contributed by atoms with Crippen LogP contribution in [0.4, 0.5) is 0 Å². The summed E-state index contributed by atoms with van der Waals surface area (Å²) >= 11 is 0. The van der Waals surface area contributed by atoms with Crippen LogP contribution in [-0.2, 0) is 7.05 Å². The largest absolute Gasteiger partial charge is 0.293 e. The molecule has 1 heterocycles. The molecule has 4 heteroatoms. The second kappa shape index (κ2) is 4.74. The van der Waals surface area contributed by atoms with Gasteiger partial charge < -0.3 is 0 Å². The lowest BCUT2D eigenvalue weighted by molar-refractivity contribution is 0.0937. The van der Waals surface area contributed by atoms with Crippen molar-refractivity contribution < 1.29 is 4.79 Å². The minimum absolute atomic E-state index is 0.126. The first-order chi connectivity index (χ1) is 7.04. The number of rotatable bonds is 4. The lowest BCUT2D eigenvalue weighted by Gasteiger charge is -2.08. The number of ketones is 1. The standard InChI is InChI=1S/C11H15N3O/c1-8(2)4-9(5-12)11(15)10-6-13-14(3)7-10/h6-9H,4H2,1-3H3. The average molecular weight is 205 g/mol. The van der Waals surface area contributed by atoms with E-state index in [2.05, 4.69) is 11.2 Å². The van der Waals surface area contributed by atoms with E-state index in [0.717, 1.165) is 0 Å². The molecule has 0 aromatic carbocycles. The fraction of sp³-hybridized carbons (Fsp3) is 0.545. The number of nitrogens with zero attached hydrogens (tertiary/aromatic N) is 3. The molecule has 0 aliphatic carbocycles. The van der Waals surface area contributed by atoms with E-state index in [1.54, 1.807) is 17.9 Å². The minimum Gasteiger partial charge on any atom is -0.293 e. The zero-order chi connectivity index (χ0) is 11.4. The molecule has 1 aromatic rings. The molecule has 0 aliphatic heterocycles. The number of carbonyl (C=O) groups excluding carboxylic acids is 1. The number of aromatic nitrogens is 2. The van der Waals surface area contributed by atoms with Crippen LogP contribution in [0.5, 0.6) is 0 Å². The molecule has 1 atom stereocenters. The smallest absolute Gasteiger partial charge is 0.183 e. The van der Waals surface area contributed by atoms with Crippen molar-refractivity contribution in [1.82, 2.24) is 9.78 Å². The molecule has 0 fully saturated rings. The van der Waals surface area contributed by atoms with Crippen LogP contribution in [0.15, 0.2) is 12.4 Å². The van der Waals surface area contributed by atoms with Crippen LogP contribution in [-0.4, -0.2) is 15.6 Å². The zero-order valence-electron chi connectivity index (χ0n) is 9.27. The Labute approximate surface area is 89.5 Å². The number of hydrogen-bond donors (Lipinski definition) is 0. The normalized spacial score (nSPS) is 12.5. The topological polar surface area (TPSA) is 58.7 Å². The van der Waals surface area contributed by atoms with E-state index < -0.39 is 5.92 Å². The molecule has 1 rings (SSSR count). The van der Waals surface area contributed by atoms with Gasteiger partial charge in [-0.25, -0.2) is 0 Å². The van der Waals surface area contributed by atoms with Gasteiger partial charge in [0.15, 0.2) is 5.78 Å². The first-order valence-electron chi connectivity index (χ1n) is 4.97. The van der Waals surface area contributed by atoms with E-state index in [1.807, 2.05) is 13.8 Å². The van der Waals surface area contributed by atoms with Crippen molar-refractivity contribution in [2.75, 3.05) is 0 Å². The number of carbonyl (C=O) groups is 1. The van der Waals surface area contributed by atoms with Crippen LogP contribution in [0.25, 0.3) is 0 Å². The molecular weight excluding hydrogens is 190 g/mol. The van der Waals surface area contributed by atoms with E-state index in [9.17, 15) is 4.79 Å². The fourth-order valence-electron chi connectivity index (χ4n) is 1.44. The second-order valence-electron chi connectivity index (χ2n) is 4.08. The van der Waals surface area contributed by atoms with Crippen molar-refractivity contribution in [3.63, 3.8) is 0 Å². The lowest BCUT2D eigenvalue weighted by Crippen LogP contribution is -2.14. The molecular formula is C11H15N3O. The molecule has 0 spiro atoms. The molecule has 80 valence electrons. The molecule has 0 aliphatic rings. The third-order valence-electron chi connectivity index (χ3n) is 2.17. The molecule has 0 saturated heterocycles. The Morgan fingerprint density at radius 3 is 2.73 bits per heavy atom. The van der Waals surface area contributed by atoms with E-state index in [-0.39, 0.29) is 5.78 Å². The lowest BCUT2D eigenvalue weighted by atomic mass is 9.92. The third-order valence-corrected chi connectivity index (χ3v) is 2.17. The molecule has 1 unspecified atom stereocenters. The highest BCUT2D eigenvalue weighted by Crippen LogP contribution is 2.16. The highest BCUT2D eigenvalue weighted by molar-refractivity contribution is 5.98. The molecule has 0 radical (unpaired) electrons. The Morgan fingerprint density at radius 2 is 2.33 bits per heavy atom. The van der Waals surface area contributed by atoms with Gasteiger partial charge in [-0.2, -0.15) is 10.4 Å². The average Bonchev–Trinajstić information content (AvgIpc) is 2.60. The van der Waals surface area contributed by atoms with Gasteiger partial charge in [0.2, 0.25) is 0 Å².